The molecule has 33 heavy (non-hydrogen) atoms. The first-order valence-corrected chi connectivity index (χ1v) is 12.7. The SMILES string of the molecule is CCC(N=O)c1ccc(OCCCSc2ccc(C(C)C(=O)O)cc2Cl)c(CC2CC2)c1O. The van der Waals surface area contributed by atoms with Gasteiger partial charge in [-0.05, 0) is 74.8 Å². The highest BCUT2D eigenvalue weighted by atomic mass is 35.5. The minimum atomic E-state index is -0.878. The molecule has 3 rings (SSSR count). The number of nitrogens with zero attached hydrogens (tertiary/aromatic N) is 1. The van der Waals surface area contributed by atoms with Gasteiger partial charge in [-0.3, -0.25) is 4.79 Å². The van der Waals surface area contributed by atoms with Crippen LogP contribution in [0.2, 0.25) is 5.02 Å². The van der Waals surface area contributed by atoms with Crippen LogP contribution in [0.1, 0.15) is 68.2 Å². The average molecular weight is 492 g/mol. The molecule has 0 amide bonds. The van der Waals surface area contributed by atoms with Gasteiger partial charge in [0, 0.05) is 21.8 Å². The smallest absolute Gasteiger partial charge is 0.310 e. The minimum Gasteiger partial charge on any atom is -0.507 e. The van der Waals surface area contributed by atoms with E-state index >= 15 is 0 Å². The summed E-state index contributed by atoms with van der Waals surface area (Å²) in [6.07, 6.45) is 4.35. The van der Waals surface area contributed by atoms with Gasteiger partial charge in [0.15, 0.2) is 0 Å². The lowest BCUT2D eigenvalue weighted by molar-refractivity contribution is -0.138. The average Bonchev–Trinajstić information content (AvgIpc) is 3.62. The Morgan fingerprint density at radius 1 is 1.30 bits per heavy atom. The Morgan fingerprint density at radius 2 is 2.06 bits per heavy atom. The summed E-state index contributed by atoms with van der Waals surface area (Å²) in [6, 6.07) is 8.40. The topological polar surface area (TPSA) is 96.2 Å². The molecule has 6 nitrogen and oxygen atoms in total. The summed E-state index contributed by atoms with van der Waals surface area (Å²) in [4.78, 5) is 23.2. The molecule has 0 bridgehead atoms. The third-order valence-corrected chi connectivity index (χ3v) is 7.55. The quantitative estimate of drug-likeness (QED) is 0.178. The molecular formula is C25H30ClNO5S. The van der Waals surface area contributed by atoms with Crippen molar-refractivity contribution in [3.8, 4) is 11.5 Å². The zero-order valence-electron chi connectivity index (χ0n) is 18.9. The number of nitroso groups, excluding NO2 is 1. The second kappa shape index (κ2) is 11.7. The van der Waals surface area contributed by atoms with E-state index in [0.717, 1.165) is 41.9 Å². The highest BCUT2D eigenvalue weighted by molar-refractivity contribution is 7.99. The molecule has 0 saturated heterocycles. The van der Waals surface area contributed by atoms with Gasteiger partial charge in [-0.25, -0.2) is 0 Å². The fourth-order valence-electron chi connectivity index (χ4n) is 3.67. The molecule has 1 saturated carbocycles. The maximum Gasteiger partial charge on any atom is 0.310 e. The summed E-state index contributed by atoms with van der Waals surface area (Å²) in [5.74, 6) is 0.667. The summed E-state index contributed by atoms with van der Waals surface area (Å²) in [7, 11) is 0. The maximum absolute atomic E-state index is 11.2. The summed E-state index contributed by atoms with van der Waals surface area (Å²) in [5, 5.41) is 23.7. The van der Waals surface area contributed by atoms with E-state index in [4.69, 9.17) is 21.4 Å². The van der Waals surface area contributed by atoms with Crippen LogP contribution in [-0.2, 0) is 11.2 Å². The molecule has 2 aromatic rings. The number of aromatic hydroxyl groups is 1. The second-order valence-electron chi connectivity index (χ2n) is 8.46. The molecule has 2 atom stereocenters. The van der Waals surface area contributed by atoms with Gasteiger partial charge in [0.05, 0.1) is 17.5 Å². The van der Waals surface area contributed by atoms with Gasteiger partial charge >= 0.3 is 5.97 Å². The summed E-state index contributed by atoms with van der Waals surface area (Å²) in [5.41, 5.74) is 2.03. The van der Waals surface area contributed by atoms with Crippen LogP contribution in [0.3, 0.4) is 0 Å². The van der Waals surface area contributed by atoms with E-state index in [1.165, 1.54) is 0 Å². The first kappa shape index (κ1) is 25.4. The van der Waals surface area contributed by atoms with E-state index in [2.05, 4.69) is 5.18 Å². The molecule has 0 spiro atoms. The highest BCUT2D eigenvalue weighted by Crippen LogP contribution is 2.42. The van der Waals surface area contributed by atoms with Crippen LogP contribution in [0.4, 0.5) is 0 Å². The third kappa shape index (κ3) is 6.64. The van der Waals surface area contributed by atoms with Gasteiger partial charge in [0.25, 0.3) is 0 Å². The molecule has 2 unspecified atom stereocenters. The van der Waals surface area contributed by atoms with E-state index in [1.54, 1.807) is 36.9 Å². The molecule has 0 radical (unpaired) electrons. The first-order chi connectivity index (χ1) is 15.8. The van der Waals surface area contributed by atoms with Crippen molar-refractivity contribution in [1.29, 1.82) is 0 Å². The molecular weight excluding hydrogens is 462 g/mol. The monoisotopic (exact) mass is 491 g/mol. The Morgan fingerprint density at radius 3 is 2.67 bits per heavy atom. The number of carboxylic acids is 1. The number of aliphatic carboxylic acids is 1. The zero-order chi connectivity index (χ0) is 24.0. The Balaban J connectivity index is 1.57. The van der Waals surface area contributed by atoms with E-state index in [1.807, 2.05) is 19.1 Å². The molecule has 0 aliphatic heterocycles. The number of halogens is 1. The van der Waals surface area contributed by atoms with E-state index < -0.39 is 17.9 Å². The molecule has 8 heteroatoms. The summed E-state index contributed by atoms with van der Waals surface area (Å²) in [6.45, 7) is 4.00. The Labute approximate surface area is 203 Å². The molecule has 1 aliphatic carbocycles. The first-order valence-electron chi connectivity index (χ1n) is 11.3. The molecule has 1 aliphatic rings. The van der Waals surface area contributed by atoms with Crippen molar-refractivity contribution in [3.63, 3.8) is 0 Å². The number of hydrogen-bond acceptors (Lipinski definition) is 6. The lowest BCUT2D eigenvalue weighted by Crippen LogP contribution is -2.07. The van der Waals surface area contributed by atoms with Gasteiger partial charge in [-0.1, -0.05) is 29.8 Å². The van der Waals surface area contributed by atoms with Crippen LogP contribution in [0.15, 0.2) is 40.4 Å². The number of thioether (sulfide) groups is 1. The molecule has 178 valence electrons. The predicted molar refractivity (Wildman–Crippen MR) is 132 cm³/mol. The van der Waals surface area contributed by atoms with Crippen LogP contribution in [0.5, 0.6) is 11.5 Å². The van der Waals surface area contributed by atoms with Crippen LogP contribution in [0, 0.1) is 10.8 Å². The molecule has 1 fully saturated rings. The number of carboxylic acid groups (broad SMARTS) is 1. The van der Waals surface area contributed by atoms with Crippen molar-refractivity contribution in [1.82, 2.24) is 0 Å². The Kier molecular flexibility index (Phi) is 9.03. The zero-order valence-corrected chi connectivity index (χ0v) is 20.5. The van der Waals surface area contributed by atoms with Crippen LogP contribution in [-0.4, -0.2) is 28.5 Å². The number of phenolic OH excluding ortho intramolecular Hbond substituents is 1. The number of hydrogen-bond donors (Lipinski definition) is 2. The number of ether oxygens (including phenoxy) is 1. The van der Waals surface area contributed by atoms with Crippen molar-refractivity contribution in [3.05, 3.63) is 57.0 Å². The predicted octanol–water partition coefficient (Wildman–Crippen LogP) is 6.96. The largest absolute Gasteiger partial charge is 0.507 e. The fraction of sp³-hybridized carbons (Fsp3) is 0.480. The van der Waals surface area contributed by atoms with Crippen molar-refractivity contribution in [2.75, 3.05) is 12.4 Å². The highest BCUT2D eigenvalue weighted by Gasteiger charge is 2.27. The molecule has 2 aromatic carbocycles. The van der Waals surface area contributed by atoms with Crippen molar-refractivity contribution < 1.29 is 19.7 Å². The summed E-state index contributed by atoms with van der Waals surface area (Å²) < 4.78 is 6.01. The lowest BCUT2D eigenvalue weighted by atomic mass is 9.97. The Bertz CT molecular complexity index is 995. The number of benzene rings is 2. The number of carbonyl (C=O) groups is 1. The van der Waals surface area contributed by atoms with Gasteiger partial charge in [-0.2, -0.15) is 4.91 Å². The van der Waals surface area contributed by atoms with Crippen LogP contribution >= 0.6 is 23.4 Å². The van der Waals surface area contributed by atoms with Gasteiger partial charge < -0.3 is 14.9 Å². The third-order valence-electron chi connectivity index (χ3n) is 5.96. The standard InChI is InChI=1S/C25H30ClNO5S/c1-3-21(27-31)18-8-9-22(19(24(18)28)13-16-5-6-16)32-11-4-12-33-23-10-7-17(14-20(23)26)15(2)25(29)30/h7-10,14-16,21,28H,3-6,11-13H2,1-2H3,(H,29,30). The fourth-order valence-corrected chi connectivity index (χ4v) is 4.86. The van der Waals surface area contributed by atoms with Crippen molar-refractivity contribution in [2.24, 2.45) is 11.1 Å². The molecule has 0 aromatic heterocycles. The van der Waals surface area contributed by atoms with Crippen LogP contribution in [0.25, 0.3) is 0 Å². The summed E-state index contributed by atoms with van der Waals surface area (Å²) >= 11 is 7.94. The van der Waals surface area contributed by atoms with Gasteiger partial charge in [0.1, 0.15) is 17.5 Å². The van der Waals surface area contributed by atoms with E-state index in [-0.39, 0.29) is 5.75 Å². The molecule has 0 heterocycles. The molecule has 2 N–H and O–H groups in total. The van der Waals surface area contributed by atoms with E-state index in [0.29, 0.717) is 40.8 Å². The number of rotatable bonds is 13. The second-order valence-corrected chi connectivity index (χ2v) is 10.0. The van der Waals surface area contributed by atoms with Gasteiger partial charge in [-0.15, -0.1) is 11.8 Å². The minimum absolute atomic E-state index is 0.141. The van der Waals surface area contributed by atoms with Crippen LogP contribution < -0.4 is 4.74 Å². The maximum atomic E-state index is 11.2. The number of phenols is 1. The van der Waals surface area contributed by atoms with Crippen molar-refractivity contribution >= 4 is 29.3 Å². The van der Waals surface area contributed by atoms with Gasteiger partial charge in [0.2, 0.25) is 0 Å². The van der Waals surface area contributed by atoms with E-state index in [9.17, 15) is 14.8 Å². The Hall–Kier alpha value is -2.25. The lowest BCUT2D eigenvalue weighted by Gasteiger charge is -2.17. The normalized spacial score (nSPS) is 15.1. The van der Waals surface area contributed by atoms with Crippen molar-refractivity contribution in [2.45, 2.75) is 62.8 Å².